The third-order valence-corrected chi connectivity index (χ3v) is 3.69. The van der Waals surface area contributed by atoms with Gasteiger partial charge in [-0.3, -0.25) is 4.79 Å². The fraction of sp³-hybridized carbons (Fsp3) is 0.417. The van der Waals surface area contributed by atoms with Crippen LogP contribution in [-0.2, 0) is 11.2 Å². The number of fused-ring (bicyclic) bond motifs is 1. The van der Waals surface area contributed by atoms with Crippen LogP contribution >= 0.6 is 15.9 Å². The van der Waals surface area contributed by atoms with Gasteiger partial charge in [0.15, 0.2) is 0 Å². The summed E-state index contributed by atoms with van der Waals surface area (Å²) in [6.45, 7) is 2.04. The molecule has 0 saturated carbocycles. The Bertz CT molecular complexity index is 412. The number of carbonyl (C=O) groups is 1. The van der Waals surface area contributed by atoms with Gasteiger partial charge in [-0.25, -0.2) is 0 Å². The summed E-state index contributed by atoms with van der Waals surface area (Å²) in [4.78, 5) is 10.7. The van der Waals surface area contributed by atoms with E-state index in [1.54, 1.807) is 0 Å². The summed E-state index contributed by atoms with van der Waals surface area (Å²) >= 11 is 3.54. The van der Waals surface area contributed by atoms with Crippen molar-refractivity contribution in [3.63, 3.8) is 0 Å². The Morgan fingerprint density at radius 1 is 1.60 bits per heavy atom. The van der Waals surface area contributed by atoms with E-state index in [0.29, 0.717) is 0 Å². The third kappa shape index (κ3) is 2.07. The van der Waals surface area contributed by atoms with Gasteiger partial charge in [0.1, 0.15) is 0 Å². The molecular formula is C12H13BrO2. The number of hydrogen-bond acceptors (Lipinski definition) is 1. The first kappa shape index (κ1) is 10.7. The summed E-state index contributed by atoms with van der Waals surface area (Å²) in [7, 11) is 0. The van der Waals surface area contributed by atoms with Gasteiger partial charge in [0.05, 0.1) is 6.42 Å². The van der Waals surface area contributed by atoms with Crippen molar-refractivity contribution in [2.24, 2.45) is 0 Å². The molecule has 0 spiro atoms. The quantitative estimate of drug-likeness (QED) is 0.894. The molecule has 15 heavy (non-hydrogen) atoms. The number of rotatable bonds is 2. The van der Waals surface area contributed by atoms with Crippen LogP contribution in [0.5, 0.6) is 0 Å². The molecular weight excluding hydrogens is 256 g/mol. The number of hydrogen-bond donors (Lipinski definition) is 1. The van der Waals surface area contributed by atoms with E-state index in [0.717, 1.165) is 17.3 Å². The molecule has 0 fully saturated rings. The monoisotopic (exact) mass is 268 g/mol. The summed E-state index contributed by atoms with van der Waals surface area (Å²) < 4.78 is 1.13. The second-order valence-corrected chi connectivity index (χ2v) is 5.00. The minimum Gasteiger partial charge on any atom is -0.481 e. The number of carboxylic acids is 1. The summed E-state index contributed by atoms with van der Waals surface area (Å²) in [6.07, 6.45) is 2.21. The number of benzene rings is 1. The van der Waals surface area contributed by atoms with E-state index < -0.39 is 5.97 Å². The van der Waals surface area contributed by atoms with Crippen LogP contribution in [-0.4, -0.2) is 11.1 Å². The first-order valence-electron chi connectivity index (χ1n) is 5.08. The highest BCUT2D eigenvalue weighted by Gasteiger charge is 2.26. The predicted molar refractivity (Wildman–Crippen MR) is 62.2 cm³/mol. The summed E-state index contributed by atoms with van der Waals surface area (Å²) in [6, 6.07) is 4.22. The number of aryl methyl sites for hydroxylation is 1. The van der Waals surface area contributed by atoms with Gasteiger partial charge in [-0.2, -0.15) is 0 Å². The topological polar surface area (TPSA) is 37.3 Å². The highest BCUT2D eigenvalue weighted by Crippen LogP contribution is 2.39. The fourth-order valence-electron chi connectivity index (χ4n) is 2.32. The van der Waals surface area contributed by atoms with Gasteiger partial charge in [0.25, 0.3) is 0 Å². The minimum atomic E-state index is -0.703. The van der Waals surface area contributed by atoms with Crippen LogP contribution in [0.25, 0.3) is 0 Å². The van der Waals surface area contributed by atoms with Crippen LogP contribution in [0.4, 0.5) is 0 Å². The molecule has 0 bridgehead atoms. The fourth-order valence-corrected chi connectivity index (χ4v) is 3.11. The van der Waals surface area contributed by atoms with Gasteiger partial charge in [-0.1, -0.05) is 22.0 Å². The van der Waals surface area contributed by atoms with Gasteiger partial charge in [-0.05, 0) is 48.4 Å². The highest BCUT2D eigenvalue weighted by molar-refractivity contribution is 9.10. The molecule has 0 aliphatic heterocycles. The molecule has 1 aliphatic rings. The standard InChI is InChI=1S/C12H13BrO2/c1-7-4-10-8(6-12(14)15)2-3-9(10)11(13)5-7/h4-5,8H,2-3,6H2,1H3,(H,14,15). The molecule has 1 aliphatic carbocycles. The smallest absolute Gasteiger partial charge is 0.303 e. The predicted octanol–water partition coefficient (Wildman–Crippen LogP) is 3.26. The van der Waals surface area contributed by atoms with Crippen LogP contribution in [0.2, 0.25) is 0 Å². The molecule has 2 rings (SSSR count). The molecule has 1 aromatic rings. The van der Waals surface area contributed by atoms with Gasteiger partial charge >= 0.3 is 5.97 Å². The zero-order valence-electron chi connectivity index (χ0n) is 8.59. The lowest BCUT2D eigenvalue weighted by Gasteiger charge is -2.10. The van der Waals surface area contributed by atoms with Crippen LogP contribution in [0, 0.1) is 6.92 Å². The van der Waals surface area contributed by atoms with Gasteiger partial charge in [-0.15, -0.1) is 0 Å². The Morgan fingerprint density at radius 2 is 2.33 bits per heavy atom. The van der Waals surface area contributed by atoms with E-state index in [1.165, 1.54) is 16.7 Å². The van der Waals surface area contributed by atoms with E-state index in [-0.39, 0.29) is 12.3 Å². The third-order valence-electron chi connectivity index (χ3n) is 2.98. The Morgan fingerprint density at radius 3 is 3.00 bits per heavy atom. The van der Waals surface area contributed by atoms with Crippen molar-refractivity contribution in [2.45, 2.75) is 32.1 Å². The molecule has 0 radical (unpaired) electrons. The largest absolute Gasteiger partial charge is 0.481 e. The number of aliphatic carboxylic acids is 1. The number of carboxylic acid groups (broad SMARTS) is 1. The van der Waals surface area contributed by atoms with E-state index in [2.05, 4.69) is 28.1 Å². The molecule has 1 atom stereocenters. The van der Waals surface area contributed by atoms with E-state index >= 15 is 0 Å². The van der Waals surface area contributed by atoms with Crippen molar-refractivity contribution in [1.82, 2.24) is 0 Å². The van der Waals surface area contributed by atoms with Crippen LogP contribution in [0.15, 0.2) is 16.6 Å². The maximum atomic E-state index is 10.7. The van der Waals surface area contributed by atoms with Crippen molar-refractivity contribution in [3.8, 4) is 0 Å². The second-order valence-electron chi connectivity index (χ2n) is 4.15. The van der Waals surface area contributed by atoms with E-state index in [1.807, 2.05) is 6.92 Å². The Labute approximate surface area is 97.4 Å². The molecule has 1 N–H and O–H groups in total. The SMILES string of the molecule is Cc1cc(Br)c2c(c1)C(CC(=O)O)CC2. The molecule has 3 heteroatoms. The van der Waals surface area contributed by atoms with Crippen LogP contribution < -0.4 is 0 Å². The summed E-state index contributed by atoms with van der Waals surface area (Å²) in [5.74, 6) is -0.501. The van der Waals surface area contributed by atoms with Crippen LogP contribution in [0.3, 0.4) is 0 Å². The lowest BCUT2D eigenvalue weighted by Crippen LogP contribution is -2.03. The van der Waals surface area contributed by atoms with E-state index in [9.17, 15) is 4.79 Å². The van der Waals surface area contributed by atoms with Crippen molar-refractivity contribution in [3.05, 3.63) is 33.3 Å². The first-order valence-corrected chi connectivity index (χ1v) is 5.88. The lowest BCUT2D eigenvalue weighted by molar-refractivity contribution is -0.137. The van der Waals surface area contributed by atoms with E-state index in [4.69, 9.17) is 5.11 Å². The molecule has 1 aromatic carbocycles. The average Bonchev–Trinajstić information content (AvgIpc) is 2.48. The molecule has 0 amide bonds. The summed E-state index contributed by atoms with van der Waals surface area (Å²) in [5, 5.41) is 8.83. The molecule has 80 valence electrons. The maximum absolute atomic E-state index is 10.7. The first-order chi connectivity index (χ1) is 7.08. The Kier molecular flexibility index (Phi) is 2.83. The lowest BCUT2D eigenvalue weighted by atomic mass is 9.96. The van der Waals surface area contributed by atoms with Gasteiger partial charge in [0, 0.05) is 4.47 Å². The molecule has 0 heterocycles. The van der Waals surface area contributed by atoms with Crippen molar-refractivity contribution in [1.29, 1.82) is 0 Å². The molecule has 1 unspecified atom stereocenters. The highest BCUT2D eigenvalue weighted by atomic mass is 79.9. The summed E-state index contributed by atoms with van der Waals surface area (Å²) in [5.41, 5.74) is 3.72. The molecule has 0 saturated heterocycles. The van der Waals surface area contributed by atoms with Crippen molar-refractivity contribution >= 4 is 21.9 Å². The van der Waals surface area contributed by atoms with Crippen LogP contribution in [0.1, 0.15) is 35.4 Å². The zero-order chi connectivity index (χ0) is 11.0. The zero-order valence-corrected chi connectivity index (χ0v) is 10.2. The number of halogens is 1. The van der Waals surface area contributed by atoms with Gasteiger partial charge < -0.3 is 5.11 Å². The average molecular weight is 269 g/mol. The minimum absolute atomic E-state index is 0.202. The second kappa shape index (κ2) is 3.97. The van der Waals surface area contributed by atoms with Gasteiger partial charge in [0.2, 0.25) is 0 Å². The molecule has 0 aromatic heterocycles. The normalized spacial score (nSPS) is 18.9. The Hall–Kier alpha value is -0.830. The molecule has 2 nitrogen and oxygen atoms in total. The maximum Gasteiger partial charge on any atom is 0.303 e. The Balaban J connectivity index is 2.37. The van der Waals surface area contributed by atoms with Crippen molar-refractivity contribution < 1.29 is 9.90 Å². The van der Waals surface area contributed by atoms with Crippen molar-refractivity contribution in [2.75, 3.05) is 0 Å².